The van der Waals surface area contributed by atoms with Crippen LogP contribution >= 0.6 is 11.6 Å². The Morgan fingerprint density at radius 3 is 2.31 bits per heavy atom. The number of amides is 2. The van der Waals surface area contributed by atoms with Crippen molar-refractivity contribution < 1.29 is 31.2 Å². The normalized spacial score (nSPS) is 12.7. The van der Waals surface area contributed by atoms with Crippen molar-refractivity contribution in [1.82, 2.24) is 10.2 Å². The summed E-state index contributed by atoms with van der Waals surface area (Å²) >= 11 is 6.32. The highest BCUT2D eigenvalue weighted by molar-refractivity contribution is 7.92. The maximum absolute atomic E-state index is 13.4. The Labute approximate surface area is 233 Å². The maximum atomic E-state index is 13.4. The molecule has 7 nitrogen and oxygen atoms in total. The monoisotopic (exact) mass is 589 g/mol. The first-order chi connectivity index (χ1) is 18.1. The predicted molar refractivity (Wildman–Crippen MR) is 147 cm³/mol. The fourth-order valence-electron chi connectivity index (χ4n) is 3.99. The summed E-state index contributed by atoms with van der Waals surface area (Å²) in [5.74, 6) is -0.510. The third kappa shape index (κ3) is 9.72. The zero-order valence-corrected chi connectivity index (χ0v) is 24.0. The molecule has 2 aromatic carbocycles. The molecule has 0 spiro atoms. The fraction of sp³-hybridized carbons (Fsp3) is 0.481. The number of hydrogen-bond donors (Lipinski definition) is 1. The molecule has 1 atom stereocenters. The molecule has 0 aliphatic carbocycles. The number of hydrogen-bond acceptors (Lipinski definition) is 4. The number of carbonyl (C=O) groups excluding carboxylic acids is 2. The van der Waals surface area contributed by atoms with Crippen molar-refractivity contribution in [3.8, 4) is 0 Å². The molecule has 1 N–H and O–H groups in total. The summed E-state index contributed by atoms with van der Waals surface area (Å²) < 4.78 is 65.3. The summed E-state index contributed by atoms with van der Waals surface area (Å²) in [5.41, 5.74) is -0.481. The molecule has 2 amide bonds. The van der Waals surface area contributed by atoms with Crippen LogP contribution in [0, 0.1) is 5.92 Å². The summed E-state index contributed by atoms with van der Waals surface area (Å²) in [5, 5.41) is 3.29. The minimum Gasteiger partial charge on any atom is -0.354 e. The first-order valence-electron chi connectivity index (χ1n) is 12.6. The van der Waals surface area contributed by atoms with Gasteiger partial charge in [-0.15, -0.1) is 0 Å². The molecular weight excluding hydrogens is 555 g/mol. The van der Waals surface area contributed by atoms with E-state index >= 15 is 0 Å². The largest absolute Gasteiger partial charge is 0.416 e. The van der Waals surface area contributed by atoms with Gasteiger partial charge in [0.15, 0.2) is 0 Å². The van der Waals surface area contributed by atoms with E-state index in [-0.39, 0.29) is 43.4 Å². The van der Waals surface area contributed by atoms with Crippen molar-refractivity contribution in [3.05, 3.63) is 64.7 Å². The highest BCUT2D eigenvalue weighted by Crippen LogP contribution is 2.32. The maximum Gasteiger partial charge on any atom is 0.416 e. The lowest BCUT2D eigenvalue weighted by molar-refractivity contribution is -0.141. The highest BCUT2D eigenvalue weighted by Gasteiger charge is 2.32. The SMILES string of the molecule is CC[C@H](C(=O)NCC(C)C)N(Cc1ccccc1Cl)C(=O)CCCN(c1cccc(C(F)(F)F)c1)S(C)(=O)=O. The van der Waals surface area contributed by atoms with Gasteiger partial charge in [0, 0.05) is 31.1 Å². The Bertz CT molecular complexity index is 1240. The van der Waals surface area contributed by atoms with Crippen LogP contribution in [0.15, 0.2) is 48.5 Å². The van der Waals surface area contributed by atoms with E-state index in [2.05, 4.69) is 5.32 Å². The van der Waals surface area contributed by atoms with Crippen LogP contribution in [0.25, 0.3) is 0 Å². The minimum atomic E-state index is -4.64. The third-order valence-electron chi connectivity index (χ3n) is 5.98. The number of rotatable bonds is 13. The van der Waals surface area contributed by atoms with Crippen molar-refractivity contribution >= 4 is 39.1 Å². The van der Waals surface area contributed by atoms with Crippen LogP contribution < -0.4 is 9.62 Å². The summed E-state index contributed by atoms with van der Waals surface area (Å²) in [6.07, 6.45) is -3.53. The molecule has 0 unspecified atom stereocenters. The number of sulfonamides is 1. The van der Waals surface area contributed by atoms with Gasteiger partial charge in [-0.1, -0.05) is 56.6 Å². The molecule has 0 bridgehead atoms. The first-order valence-corrected chi connectivity index (χ1v) is 14.8. The molecule has 216 valence electrons. The minimum absolute atomic E-state index is 0.0191. The molecule has 0 fully saturated rings. The molecule has 2 rings (SSSR count). The molecule has 0 aliphatic heterocycles. The van der Waals surface area contributed by atoms with Crippen LogP contribution in [0.5, 0.6) is 0 Å². The van der Waals surface area contributed by atoms with Crippen LogP contribution in [0.3, 0.4) is 0 Å². The molecule has 12 heteroatoms. The van der Waals surface area contributed by atoms with E-state index < -0.39 is 33.7 Å². The van der Waals surface area contributed by atoms with E-state index in [1.54, 1.807) is 31.2 Å². The fourth-order valence-corrected chi connectivity index (χ4v) is 5.15. The lowest BCUT2D eigenvalue weighted by Crippen LogP contribution is -2.49. The zero-order valence-electron chi connectivity index (χ0n) is 22.5. The molecule has 0 saturated carbocycles. The molecule has 39 heavy (non-hydrogen) atoms. The number of alkyl halides is 3. The van der Waals surface area contributed by atoms with Crippen LogP contribution in [0.2, 0.25) is 5.02 Å². The Hall–Kier alpha value is -2.79. The van der Waals surface area contributed by atoms with Gasteiger partial charge in [-0.2, -0.15) is 13.2 Å². The van der Waals surface area contributed by atoms with Gasteiger partial charge in [0.05, 0.1) is 17.5 Å². The molecule has 2 aromatic rings. The molecule has 0 heterocycles. The Morgan fingerprint density at radius 1 is 1.08 bits per heavy atom. The highest BCUT2D eigenvalue weighted by atomic mass is 35.5. The lowest BCUT2D eigenvalue weighted by atomic mass is 10.1. The Morgan fingerprint density at radius 2 is 1.74 bits per heavy atom. The quantitative estimate of drug-likeness (QED) is 0.335. The molecule has 0 saturated heterocycles. The topological polar surface area (TPSA) is 86.8 Å². The number of carbonyl (C=O) groups is 2. The van der Waals surface area contributed by atoms with Gasteiger partial charge in [-0.25, -0.2) is 8.42 Å². The summed E-state index contributed by atoms with van der Waals surface area (Å²) in [6.45, 7) is 5.96. The van der Waals surface area contributed by atoms with E-state index in [1.165, 1.54) is 11.0 Å². The lowest BCUT2D eigenvalue weighted by Gasteiger charge is -2.31. The van der Waals surface area contributed by atoms with Gasteiger partial charge < -0.3 is 10.2 Å². The second kappa shape index (κ2) is 14.0. The average Bonchev–Trinajstić information content (AvgIpc) is 2.85. The average molecular weight is 590 g/mol. The summed E-state index contributed by atoms with van der Waals surface area (Å²) in [4.78, 5) is 27.9. The van der Waals surface area contributed by atoms with Gasteiger partial charge >= 0.3 is 6.18 Å². The summed E-state index contributed by atoms with van der Waals surface area (Å²) in [7, 11) is -3.94. The summed E-state index contributed by atoms with van der Waals surface area (Å²) in [6, 6.07) is 10.2. The molecular formula is C27H35ClF3N3O4S. The number of benzene rings is 2. The smallest absolute Gasteiger partial charge is 0.354 e. The first kappa shape index (κ1) is 32.4. The van der Waals surface area contributed by atoms with Gasteiger partial charge in [-0.3, -0.25) is 13.9 Å². The Kier molecular flexibility index (Phi) is 11.7. The van der Waals surface area contributed by atoms with Crippen molar-refractivity contribution in [2.75, 3.05) is 23.7 Å². The third-order valence-corrected chi connectivity index (χ3v) is 7.55. The van der Waals surface area contributed by atoms with Crippen LogP contribution in [-0.2, 0) is 32.3 Å². The van der Waals surface area contributed by atoms with Gasteiger partial charge in [0.2, 0.25) is 21.8 Å². The number of nitrogens with one attached hydrogen (secondary N) is 1. The van der Waals surface area contributed by atoms with Gasteiger partial charge in [0.25, 0.3) is 0 Å². The van der Waals surface area contributed by atoms with Gasteiger partial charge in [-0.05, 0) is 48.6 Å². The zero-order chi connectivity index (χ0) is 29.4. The second-order valence-electron chi connectivity index (χ2n) is 9.66. The standard InChI is InChI=1S/C27H35ClF3N3O4S/c1-5-24(26(36)32-17-19(2)3)33(18-20-10-6-7-13-23(20)28)25(35)14-9-15-34(39(4,37)38)22-12-8-11-21(16-22)27(29,30)31/h6-8,10-13,16,19,24H,5,9,14-15,17-18H2,1-4H3,(H,32,36)/t24-/m1/s1. The van der Waals surface area contributed by atoms with E-state index in [4.69, 9.17) is 11.6 Å². The van der Waals surface area contributed by atoms with E-state index in [0.29, 0.717) is 23.6 Å². The molecule has 0 aromatic heterocycles. The van der Waals surface area contributed by atoms with Crippen LogP contribution in [0.4, 0.5) is 18.9 Å². The number of nitrogens with zero attached hydrogens (tertiary/aromatic N) is 2. The van der Waals surface area contributed by atoms with Crippen LogP contribution in [0.1, 0.15) is 51.2 Å². The molecule has 0 aliphatic rings. The van der Waals surface area contributed by atoms with E-state index in [9.17, 15) is 31.2 Å². The van der Waals surface area contributed by atoms with Crippen LogP contribution in [-0.4, -0.2) is 50.5 Å². The van der Waals surface area contributed by atoms with Crippen molar-refractivity contribution in [1.29, 1.82) is 0 Å². The molecule has 0 radical (unpaired) electrons. The van der Waals surface area contributed by atoms with Crippen molar-refractivity contribution in [2.24, 2.45) is 5.92 Å². The van der Waals surface area contributed by atoms with E-state index in [0.717, 1.165) is 28.8 Å². The van der Waals surface area contributed by atoms with Crippen molar-refractivity contribution in [2.45, 2.75) is 58.8 Å². The Balaban J connectivity index is 2.26. The number of anilines is 1. The van der Waals surface area contributed by atoms with E-state index in [1.807, 2.05) is 13.8 Å². The van der Waals surface area contributed by atoms with Crippen molar-refractivity contribution in [3.63, 3.8) is 0 Å². The number of halogens is 4. The van der Waals surface area contributed by atoms with Gasteiger partial charge in [0.1, 0.15) is 6.04 Å². The predicted octanol–water partition coefficient (Wildman–Crippen LogP) is 5.48. The second-order valence-corrected chi connectivity index (χ2v) is 12.0.